The number of carbonyl (C=O) groups is 2. The third-order valence-electron chi connectivity index (χ3n) is 3.97. The van der Waals surface area contributed by atoms with Crippen LogP contribution in [0, 0.1) is 24.7 Å². The Kier molecular flexibility index (Phi) is 6.39. The molecular weight excluding hydrogens is 348 g/mol. The van der Waals surface area contributed by atoms with Crippen molar-refractivity contribution in [2.75, 3.05) is 13.7 Å². The van der Waals surface area contributed by atoms with Gasteiger partial charge in [0.2, 0.25) is 0 Å². The highest BCUT2D eigenvalue weighted by atomic mass is 16.5. The average molecular weight is 370 g/mol. The molecule has 0 saturated carbocycles. The van der Waals surface area contributed by atoms with Gasteiger partial charge < -0.3 is 9.47 Å². The summed E-state index contributed by atoms with van der Waals surface area (Å²) in [5.74, 6) is -1.14. The van der Waals surface area contributed by atoms with Crippen LogP contribution in [0.3, 0.4) is 0 Å². The van der Waals surface area contributed by atoms with Crippen LogP contribution < -0.4 is 0 Å². The number of aryl methyl sites for hydroxylation is 2. The maximum Gasteiger partial charge on any atom is 0.340 e. The Morgan fingerprint density at radius 1 is 1.07 bits per heavy atom. The van der Waals surface area contributed by atoms with Crippen LogP contribution in [0.2, 0.25) is 0 Å². The van der Waals surface area contributed by atoms with Gasteiger partial charge in [0.1, 0.15) is 5.69 Å². The zero-order valence-corrected chi connectivity index (χ0v) is 16.0. The number of esters is 2. The summed E-state index contributed by atoms with van der Waals surface area (Å²) in [5, 5.41) is 3.03. The summed E-state index contributed by atoms with van der Waals surface area (Å²) in [4.78, 5) is 40.9. The molecule has 0 aliphatic heterocycles. The topological polar surface area (TPSA) is 94.9 Å². The molecule has 1 aromatic carbocycles. The predicted molar refractivity (Wildman–Crippen MR) is 101 cm³/mol. The summed E-state index contributed by atoms with van der Waals surface area (Å²) >= 11 is 0. The van der Waals surface area contributed by atoms with Crippen LogP contribution in [-0.4, -0.2) is 30.6 Å². The second kappa shape index (κ2) is 8.53. The van der Waals surface area contributed by atoms with E-state index in [9.17, 15) is 14.5 Å². The minimum Gasteiger partial charge on any atom is -0.465 e. The first kappa shape index (κ1) is 20.2. The van der Waals surface area contributed by atoms with Crippen LogP contribution in [0.1, 0.15) is 46.0 Å². The molecule has 0 amide bonds. The van der Waals surface area contributed by atoms with Crippen molar-refractivity contribution in [3.8, 4) is 11.1 Å². The summed E-state index contributed by atoms with van der Waals surface area (Å²) < 4.78 is 10.3. The van der Waals surface area contributed by atoms with E-state index < -0.39 is 11.9 Å². The molecule has 0 N–H and O–H groups in total. The lowest BCUT2D eigenvalue weighted by Gasteiger charge is -2.18. The second-order valence-corrected chi connectivity index (χ2v) is 6.50. The zero-order valence-electron chi connectivity index (χ0n) is 16.0. The molecule has 7 heteroatoms. The molecule has 0 aliphatic carbocycles. The number of benzene rings is 1. The monoisotopic (exact) mass is 370 g/mol. The van der Waals surface area contributed by atoms with Gasteiger partial charge >= 0.3 is 11.9 Å². The maximum atomic E-state index is 12.8. The highest BCUT2D eigenvalue weighted by Gasteiger charge is 2.29. The van der Waals surface area contributed by atoms with Gasteiger partial charge in [0.05, 0.1) is 36.2 Å². The molecule has 0 spiro atoms. The van der Waals surface area contributed by atoms with Gasteiger partial charge in [0, 0.05) is 11.1 Å². The average Bonchev–Trinajstić information content (AvgIpc) is 2.64. The largest absolute Gasteiger partial charge is 0.465 e. The lowest BCUT2D eigenvalue weighted by Crippen LogP contribution is -2.18. The molecule has 0 radical (unpaired) electrons. The van der Waals surface area contributed by atoms with Crippen molar-refractivity contribution in [3.63, 3.8) is 0 Å². The molecule has 142 valence electrons. The van der Waals surface area contributed by atoms with Crippen LogP contribution >= 0.6 is 0 Å². The van der Waals surface area contributed by atoms with Crippen molar-refractivity contribution < 1.29 is 19.1 Å². The summed E-state index contributed by atoms with van der Waals surface area (Å²) in [7, 11) is 1.24. The minimum absolute atomic E-state index is 0.102. The smallest absolute Gasteiger partial charge is 0.340 e. The van der Waals surface area contributed by atoms with Crippen LogP contribution in [0.5, 0.6) is 0 Å². The number of hydrogen-bond donors (Lipinski definition) is 0. The number of aromatic nitrogens is 1. The molecule has 2 aromatic rings. The fourth-order valence-electron chi connectivity index (χ4n) is 2.80. The number of hydrogen-bond acceptors (Lipinski definition) is 7. The van der Waals surface area contributed by atoms with E-state index >= 15 is 0 Å². The van der Waals surface area contributed by atoms with Crippen LogP contribution in [-0.2, 0) is 9.47 Å². The van der Waals surface area contributed by atoms with Crippen molar-refractivity contribution in [1.29, 1.82) is 0 Å². The Morgan fingerprint density at radius 3 is 2.22 bits per heavy atom. The van der Waals surface area contributed by atoms with Gasteiger partial charge in [-0.2, -0.15) is 0 Å². The molecule has 0 atom stereocenters. The van der Waals surface area contributed by atoms with E-state index in [4.69, 9.17) is 9.47 Å². The number of ether oxygens (including phenoxy) is 2. The fraction of sp³-hybridized carbons (Fsp3) is 0.350. The molecule has 27 heavy (non-hydrogen) atoms. The zero-order chi connectivity index (χ0) is 20.1. The summed E-state index contributed by atoms with van der Waals surface area (Å²) in [5.41, 5.74) is 1.70. The Bertz CT molecular complexity index is 890. The third kappa shape index (κ3) is 4.19. The van der Waals surface area contributed by atoms with Crippen molar-refractivity contribution in [3.05, 3.63) is 51.7 Å². The summed E-state index contributed by atoms with van der Waals surface area (Å²) in [6, 6.07) is 6.48. The van der Waals surface area contributed by atoms with E-state index in [-0.39, 0.29) is 34.9 Å². The Balaban J connectivity index is 2.85. The van der Waals surface area contributed by atoms with Crippen LogP contribution in [0.15, 0.2) is 29.4 Å². The first-order valence-corrected chi connectivity index (χ1v) is 8.51. The van der Waals surface area contributed by atoms with Gasteiger partial charge in [-0.25, -0.2) is 9.59 Å². The van der Waals surface area contributed by atoms with E-state index in [1.54, 1.807) is 32.0 Å². The Hall–Kier alpha value is -3.09. The molecule has 7 nitrogen and oxygen atoms in total. The molecule has 0 aliphatic rings. The number of rotatable bonds is 6. The van der Waals surface area contributed by atoms with Gasteiger partial charge in [0.25, 0.3) is 0 Å². The van der Waals surface area contributed by atoms with Crippen LogP contribution in [0.4, 0.5) is 5.69 Å². The van der Waals surface area contributed by atoms with Gasteiger partial charge in [-0.15, -0.1) is 4.91 Å². The molecule has 2 rings (SSSR count). The standard InChI is InChI=1S/C20H22N2O5/c1-11(2)10-27-20(24)17-13(4)21-12(3)16(19(23)26-5)18(17)14-8-6-7-9-15(14)22-25/h6-9,11H,10H2,1-5H3. The fourth-order valence-corrected chi connectivity index (χ4v) is 2.80. The molecule has 0 saturated heterocycles. The van der Waals surface area contributed by atoms with E-state index in [1.165, 1.54) is 13.2 Å². The molecule has 0 bridgehead atoms. The SMILES string of the molecule is COC(=O)c1c(C)nc(C)c(C(=O)OCC(C)C)c1-c1ccccc1N=O. The quantitative estimate of drug-likeness (QED) is 0.554. The molecule has 0 fully saturated rings. The summed E-state index contributed by atoms with van der Waals surface area (Å²) in [6.07, 6.45) is 0. The number of pyridine rings is 1. The van der Waals surface area contributed by atoms with E-state index in [0.29, 0.717) is 17.0 Å². The van der Waals surface area contributed by atoms with E-state index in [2.05, 4.69) is 10.2 Å². The van der Waals surface area contributed by atoms with Gasteiger partial charge in [0.15, 0.2) is 0 Å². The lowest BCUT2D eigenvalue weighted by molar-refractivity contribution is 0.0458. The first-order valence-electron chi connectivity index (χ1n) is 8.51. The number of methoxy groups -OCH3 is 1. The molecular formula is C20H22N2O5. The van der Waals surface area contributed by atoms with Crippen molar-refractivity contribution in [2.45, 2.75) is 27.7 Å². The van der Waals surface area contributed by atoms with Crippen molar-refractivity contribution in [1.82, 2.24) is 4.98 Å². The van der Waals surface area contributed by atoms with Crippen molar-refractivity contribution in [2.24, 2.45) is 11.1 Å². The van der Waals surface area contributed by atoms with E-state index in [1.807, 2.05) is 13.8 Å². The molecule has 0 unspecified atom stereocenters. The molecule has 1 aromatic heterocycles. The Morgan fingerprint density at radius 2 is 1.67 bits per heavy atom. The summed E-state index contributed by atoms with van der Waals surface area (Å²) in [6.45, 7) is 7.34. The van der Waals surface area contributed by atoms with Gasteiger partial charge in [-0.1, -0.05) is 32.0 Å². The minimum atomic E-state index is -0.659. The van der Waals surface area contributed by atoms with Crippen molar-refractivity contribution >= 4 is 17.6 Å². The van der Waals surface area contributed by atoms with Gasteiger partial charge in [-0.05, 0) is 31.0 Å². The normalized spacial score (nSPS) is 10.6. The first-order chi connectivity index (χ1) is 12.8. The number of nitroso groups, excluding NO2 is 1. The maximum absolute atomic E-state index is 12.8. The lowest BCUT2D eigenvalue weighted by atomic mass is 9.91. The Labute approximate surface area is 157 Å². The second-order valence-electron chi connectivity index (χ2n) is 6.50. The number of carbonyl (C=O) groups excluding carboxylic acids is 2. The predicted octanol–water partition coefficient (Wildman–Crippen LogP) is 4.36. The van der Waals surface area contributed by atoms with Crippen LogP contribution in [0.25, 0.3) is 11.1 Å². The molecule has 1 heterocycles. The van der Waals surface area contributed by atoms with E-state index in [0.717, 1.165) is 0 Å². The number of nitrogens with zero attached hydrogens (tertiary/aromatic N) is 2. The highest BCUT2D eigenvalue weighted by molar-refractivity contribution is 6.08. The third-order valence-corrected chi connectivity index (χ3v) is 3.97. The van der Waals surface area contributed by atoms with Gasteiger partial charge in [-0.3, -0.25) is 4.98 Å². The highest BCUT2D eigenvalue weighted by Crippen LogP contribution is 2.37.